The number of imide groups is 1. The summed E-state index contributed by atoms with van der Waals surface area (Å²) in [5, 5.41) is 2.72. The number of ketones is 1. The molecule has 0 saturated carbocycles. The molecule has 0 aliphatic carbocycles. The number of hydrogen-bond donors (Lipinski definition) is 1. The molecule has 3 amide bonds. The lowest BCUT2D eigenvalue weighted by atomic mass is 10.1. The lowest BCUT2D eigenvalue weighted by molar-refractivity contribution is -0.122. The van der Waals surface area contributed by atoms with Gasteiger partial charge in [-0.15, -0.1) is 0 Å². The Bertz CT molecular complexity index is 1440. The van der Waals surface area contributed by atoms with Crippen molar-refractivity contribution in [2.75, 3.05) is 25.1 Å². The zero-order valence-electron chi connectivity index (χ0n) is 21.2. The number of carbonyl (C=O) groups excluding carboxylic acids is 4. The third-order valence-corrected chi connectivity index (χ3v) is 6.76. The van der Waals surface area contributed by atoms with Crippen LogP contribution in [-0.2, 0) is 9.59 Å². The molecular formula is C29H25ClN2O6S. The van der Waals surface area contributed by atoms with Crippen molar-refractivity contribution in [3.8, 4) is 11.5 Å². The topological polar surface area (TPSA) is 102 Å². The number of anilines is 1. The number of ether oxygens (including phenoxy) is 2. The third kappa shape index (κ3) is 7.28. The number of rotatable bonds is 10. The van der Waals surface area contributed by atoms with Crippen LogP contribution in [0.5, 0.6) is 11.5 Å². The smallest absolute Gasteiger partial charge is 0.293 e. The first-order valence-electron chi connectivity index (χ1n) is 12.0. The molecule has 1 heterocycles. The SMILES string of the molecule is CCOc1cc(/C=C2\SC(=O)N(CC(=O)c3ccc(Cl)cc3)C2=O)ccc1OCC(=O)Nc1ccc(C)cc1. The van der Waals surface area contributed by atoms with Crippen molar-refractivity contribution < 1.29 is 28.7 Å². The fourth-order valence-electron chi connectivity index (χ4n) is 3.64. The standard InChI is InChI=1S/C29H25ClN2O6S/c1-3-37-25-14-19(6-13-24(25)38-17-27(34)31-22-11-4-18(2)5-12-22)15-26-28(35)32(29(36)39-26)16-23(33)20-7-9-21(30)10-8-20/h4-15H,3,16-17H2,1-2H3,(H,31,34)/b26-15-. The Morgan fingerprint density at radius 1 is 0.974 bits per heavy atom. The Morgan fingerprint density at radius 3 is 2.38 bits per heavy atom. The molecule has 8 nitrogen and oxygen atoms in total. The van der Waals surface area contributed by atoms with E-state index in [1.807, 2.05) is 38.1 Å². The molecule has 0 atom stereocenters. The number of hydrogen-bond acceptors (Lipinski definition) is 7. The van der Waals surface area contributed by atoms with Gasteiger partial charge in [0.2, 0.25) is 0 Å². The summed E-state index contributed by atoms with van der Waals surface area (Å²) in [6.07, 6.45) is 1.55. The number of thioether (sulfide) groups is 1. The molecule has 0 unspecified atom stereocenters. The predicted molar refractivity (Wildman–Crippen MR) is 151 cm³/mol. The van der Waals surface area contributed by atoms with Crippen molar-refractivity contribution in [3.63, 3.8) is 0 Å². The van der Waals surface area contributed by atoms with Gasteiger partial charge in [0.15, 0.2) is 23.9 Å². The third-order valence-electron chi connectivity index (χ3n) is 5.60. The van der Waals surface area contributed by atoms with Gasteiger partial charge in [0.25, 0.3) is 17.1 Å². The van der Waals surface area contributed by atoms with Crippen LogP contribution in [0.4, 0.5) is 10.5 Å². The second-order valence-electron chi connectivity index (χ2n) is 8.54. The van der Waals surface area contributed by atoms with Crippen molar-refractivity contribution in [1.29, 1.82) is 0 Å². The molecule has 4 rings (SSSR count). The molecule has 1 saturated heterocycles. The van der Waals surface area contributed by atoms with Gasteiger partial charge in [-0.25, -0.2) is 0 Å². The van der Waals surface area contributed by atoms with Crippen molar-refractivity contribution in [1.82, 2.24) is 4.90 Å². The van der Waals surface area contributed by atoms with Crippen molar-refractivity contribution in [2.45, 2.75) is 13.8 Å². The van der Waals surface area contributed by atoms with E-state index in [1.165, 1.54) is 0 Å². The van der Waals surface area contributed by atoms with E-state index < -0.39 is 11.1 Å². The van der Waals surface area contributed by atoms with Crippen molar-refractivity contribution in [2.24, 2.45) is 0 Å². The maximum atomic E-state index is 12.9. The molecule has 0 aromatic heterocycles. The van der Waals surface area contributed by atoms with Gasteiger partial charge in [-0.1, -0.05) is 35.4 Å². The number of nitrogens with one attached hydrogen (secondary N) is 1. The Balaban J connectivity index is 1.42. The Labute approximate surface area is 234 Å². The number of carbonyl (C=O) groups is 4. The molecule has 10 heteroatoms. The summed E-state index contributed by atoms with van der Waals surface area (Å²) in [6.45, 7) is 3.52. The van der Waals surface area contributed by atoms with Crippen LogP contribution in [-0.4, -0.2) is 47.5 Å². The van der Waals surface area contributed by atoms with E-state index in [2.05, 4.69) is 5.32 Å². The van der Waals surface area contributed by atoms with Crippen molar-refractivity contribution in [3.05, 3.63) is 93.3 Å². The molecule has 3 aromatic carbocycles. The summed E-state index contributed by atoms with van der Waals surface area (Å²) in [5.41, 5.74) is 2.69. The lowest BCUT2D eigenvalue weighted by Crippen LogP contribution is -2.33. The molecule has 3 aromatic rings. The first-order valence-corrected chi connectivity index (χ1v) is 13.2. The normalized spacial score (nSPS) is 14.0. The monoisotopic (exact) mass is 564 g/mol. The highest BCUT2D eigenvalue weighted by Crippen LogP contribution is 2.35. The van der Waals surface area contributed by atoms with Crippen LogP contribution in [0.15, 0.2) is 71.6 Å². The van der Waals surface area contributed by atoms with Crippen LogP contribution in [0.25, 0.3) is 6.08 Å². The first-order chi connectivity index (χ1) is 18.7. The second kappa shape index (κ2) is 12.6. The van der Waals surface area contributed by atoms with Crippen molar-refractivity contribution >= 4 is 58.0 Å². The molecule has 0 radical (unpaired) electrons. The number of Topliss-reactive ketones (excluding diaryl/α,β-unsaturated/α-hetero) is 1. The largest absolute Gasteiger partial charge is 0.490 e. The summed E-state index contributed by atoms with van der Waals surface area (Å²) in [5.74, 6) is -0.520. The minimum Gasteiger partial charge on any atom is -0.490 e. The summed E-state index contributed by atoms with van der Waals surface area (Å²) in [7, 11) is 0. The van der Waals surface area contributed by atoms with Crippen LogP contribution < -0.4 is 14.8 Å². The van der Waals surface area contributed by atoms with E-state index >= 15 is 0 Å². The number of amides is 3. The van der Waals surface area contributed by atoms with Gasteiger partial charge in [-0.2, -0.15) is 0 Å². The zero-order valence-corrected chi connectivity index (χ0v) is 22.8. The van der Waals surface area contributed by atoms with E-state index in [0.717, 1.165) is 22.2 Å². The maximum Gasteiger partial charge on any atom is 0.293 e. The molecule has 39 heavy (non-hydrogen) atoms. The van der Waals surface area contributed by atoms with Gasteiger partial charge < -0.3 is 14.8 Å². The molecule has 0 bridgehead atoms. The minimum atomic E-state index is -0.557. The van der Waals surface area contributed by atoms with Gasteiger partial charge >= 0.3 is 0 Å². The summed E-state index contributed by atoms with van der Waals surface area (Å²) in [6, 6.07) is 18.6. The Hall–Kier alpha value is -4.08. The predicted octanol–water partition coefficient (Wildman–Crippen LogP) is 5.98. The van der Waals surface area contributed by atoms with Crippen LogP contribution in [0.2, 0.25) is 5.02 Å². The van der Waals surface area contributed by atoms with Gasteiger partial charge in [0.05, 0.1) is 18.1 Å². The van der Waals surface area contributed by atoms with E-state index in [4.69, 9.17) is 21.1 Å². The average molecular weight is 565 g/mol. The molecule has 200 valence electrons. The van der Waals surface area contributed by atoms with Gasteiger partial charge in [0.1, 0.15) is 0 Å². The highest BCUT2D eigenvalue weighted by Gasteiger charge is 2.36. The van der Waals surface area contributed by atoms with E-state index in [0.29, 0.717) is 39.9 Å². The first kappa shape index (κ1) is 27.9. The Kier molecular flexibility index (Phi) is 9.06. The molecular weight excluding hydrogens is 540 g/mol. The summed E-state index contributed by atoms with van der Waals surface area (Å²) >= 11 is 6.62. The minimum absolute atomic E-state index is 0.178. The number of benzene rings is 3. The molecule has 1 aliphatic heterocycles. The fourth-order valence-corrected chi connectivity index (χ4v) is 4.60. The lowest BCUT2D eigenvalue weighted by Gasteiger charge is -2.13. The van der Waals surface area contributed by atoms with Gasteiger partial charge in [-0.05, 0) is 85.8 Å². The van der Waals surface area contributed by atoms with E-state index in [9.17, 15) is 19.2 Å². The Morgan fingerprint density at radius 2 is 1.69 bits per heavy atom. The zero-order chi connectivity index (χ0) is 27.9. The quantitative estimate of drug-likeness (QED) is 0.238. The molecule has 0 spiro atoms. The van der Waals surface area contributed by atoms with Gasteiger partial charge in [-0.3, -0.25) is 24.1 Å². The maximum absolute atomic E-state index is 12.9. The second-order valence-corrected chi connectivity index (χ2v) is 9.97. The average Bonchev–Trinajstić information content (AvgIpc) is 3.17. The van der Waals surface area contributed by atoms with E-state index in [-0.39, 0.29) is 29.7 Å². The number of nitrogens with zero attached hydrogens (tertiary/aromatic N) is 1. The van der Waals surface area contributed by atoms with Crippen LogP contribution >= 0.6 is 23.4 Å². The fraction of sp³-hybridized carbons (Fsp3) is 0.172. The van der Waals surface area contributed by atoms with Crippen LogP contribution in [0.3, 0.4) is 0 Å². The number of halogens is 1. The van der Waals surface area contributed by atoms with E-state index in [1.54, 1.807) is 48.5 Å². The molecule has 1 aliphatic rings. The summed E-state index contributed by atoms with van der Waals surface area (Å²) < 4.78 is 11.4. The highest BCUT2D eigenvalue weighted by molar-refractivity contribution is 8.18. The van der Waals surface area contributed by atoms with Gasteiger partial charge in [0, 0.05) is 16.3 Å². The highest BCUT2D eigenvalue weighted by atomic mass is 35.5. The molecule has 1 N–H and O–H groups in total. The van der Waals surface area contributed by atoms with Crippen LogP contribution in [0, 0.1) is 6.92 Å². The molecule has 1 fully saturated rings. The summed E-state index contributed by atoms with van der Waals surface area (Å²) in [4.78, 5) is 51.4. The van der Waals surface area contributed by atoms with Crippen LogP contribution in [0.1, 0.15) is 28.4 Å². The number of aryl methyl sites for hydroxylation is 1.